The lowest BCUT2D eigenvalue weighted by Gasteiger charge is -2.14. The van der Waals surface area contributed by atoms with Crippen molar-refractivity contribution in [3.05, 3.63) is 69.9 Å². The van der Waals surface area contributed by atoms with Crippen LogP contribution in [-0.2, 0) is 24.3 Å². The maximum atomic E-state index is 11.2. The van der Waals surface area contributed by atoms with Crippen molar-refractivity contribution in [3.8, 4) is 0 Å². The summed E-state index contributed by atoms with van der Waals surface area (Å²) < 4.78 is 7.12. The van der Waals surface area contributed by atoms with Gasteiger partial charge in [-0.25, -0.2) is 9.78 Å². The number of carbonyl (C=O) groups excluding carboxylic acids is 1. The monoisotopic (exact) mass is 464 g/mol. The van der Waals surface area contributed by atoms with E-state index < -0.39 is 6.09 Å². The molecule has 158 valence electrons. The first-order chi connectivity index (χ1) is 14.3. The molecule has 0 saturated heterocycles. The molecule has 2 N–H and O–H groups in total. The highest BCUT2D eigenvalue weighted by Gasteiger charge is 2.21. The molecular formula is C21H22Cl2N4O2S. The molecule has 2 aromatic heterocycles. The first-order valence-electron chi connectivity index (χ1n) is 9.38. The largest absolute Gasteiger partial charge is 0.442 e. The number of benzene rings is 1. The molecule has 0 spiro atoms. The minimum absolute atomic E-state index is 0.00224. The van der Waals surface area contributed by atoms with Crippen molar-refractivity contribution in [3.63, 3.8) is 0 Å². The second-order valence-corrected chi connectivity index (χ2v) is 8.88. The summed E-state index contributed by atoms with van der Waals surface area (Å²) in [6.45, 7) is 4.80. The maximum Gasteiger partial charge on any atom is 0.404 e. The molecule has 0 atom stereocenters. The fraction of sp³-hybridized carbons (Fsp3) is 0.286. The van der Waals surface area contributed by atoms with Crippen molar-refractivity contribution in [2.75, 3.05) is 0 Å². The van der Waals surface area contributed by atoms with Crippen molar-refractivity contribution in [2.24, 2.45) is 5.73 Å². The molecule has 9 heteroatoms. The van der Waals surface area contributed by atoms with Gasteiger partial charge in [-0.15, -0.1) is 0 Å². The van der Waals surface area contributed by atoms with Crippen molar-refractivity contribution in [2.45, 2.75) is 49.3 Å². The first kappa shape index (κ1) is 22.5. The topological polar surface area (TPSA) is 83.0 Å². The quantitative estimate of drug-likeness (QED) is 0.462. The lowest BCUT2D eigenvalue weighted by atomic mass is 10.1. The zero-order valence-electron chi connectivity index (χ0n) is 16.6. The lowest BCUT2D eigenvalue weighted by Crippen LogP contribution is -2.16. The molecule has 0 radical (unpaired) electrons. The molecular weight excluding hydrogens is 443 g/mol. The summed E-state index contributed by atoms with van der Waals surface area (Å²) in [6.07, 6.45) is 3.47. The van der Waals surface area contributed by atoms with Gasteiger partial charge in [-0.3, -0.25) is 4.98 Å². The molecule has 0 aliphatic heterocycles. The highest BCUT2D eigenvalue weighted by Crippen LogP contribution is 2.37. The Hall–Kier alpha value is -2.22. The average molecular weight is 465 g/mol. The maximum absolute atomic E-state index is 11.2. The molecule has 2 heterocycles. The van der Waals surface area contributed by atoms with E-state index in [0.29, 0.717) is 22.4 Å². The Labute approximate surface area is 189 Å². The summed E-state index contributed by atoms with van der Waals surface area (Å²) in [7, 11) is 0. The Bertz CT molecular complexity index is 1010. The molecule has 0 aliphatic carbocycles. The Morgan fingerprint density at radius 2 is 1.87 bits per heavy atom. The van der Waals surface area contributed by atoms with Gasteiger partial charge in [0.2, 0.25) is 0 Å². The fourth-order valence-corrected chi connectivity index (χ4v) is 4.90. The van der Waals surface area contributed by atoms with Crippen LogP contribution in [0, 0.1) is 0 Å². The highest BCUT2D eigenvalue weighted by molar-refractivity contribution is 7.99. The number of hydrogen-bond acceptors (Lipinski definition) is 5. The van der Waals surface area contributed by atoms with Gasteiger partial charge < -0.3 is 15.0 Å². The summed E-state index contributed by atoms with van der Waals surface area (Å²) in [5.74, 6) is 0.804. The number of halogens is 2. The first-order valence-corrected chi connectivity index (χ1v) is 10.9. The molecule has 0 aliphatic rings. The fourth-order valence-electron chi connectivity index (χ4n) is 2.95. The number of ether oxygens (including phenoxy) is 1. The second kappa shape index (κ2) is 10.2. The van der Waals surface area contributed by atoms with Crippen molar-refractivity contribution < 1.29 is 9.53 Å². The van der Waals surface area contributed by atoms with Crippen LogP contribution in [0.25, 0.3) is 0 Å². The smallest absolute Gasteiger partial charge is 0.404 e. The molecule has 30 heavy (non-hydrogen) atoms. The molecule has 0 unspecified atom stereocenters. The van der Waals surface area contributed by atoms with Gasteiger partial charge in [0.05, 0.1) is 5.69 Å². The van der Waals surface area contributed by atoms with E-state index in [0.717, 1.165) is 27.6 Å². The van der Waals surface area contributed by atoms with E-state index in [-0.39, 0.29) is 12.5 Å². The van der Waals surface area contributed by atoms with Gasteiger partial charge in [-0.2, -0.15) is 0 Å². The highest BCUT2D eigenvalue weighted by atomic mass is 35.5. The number of pyridine rings is 1. The number of aromatic nitrogens is 3. The van der Waals surface area contributed by atoms with Gasteiger partial charge in [-0.05, 0) is 48.2 Å². The predicted molar refractivity (Wildman–Crippen MR) is 119 cm³/mol. The van der Waals surface area contributed by atoms with E-state index >= 15 is 0 Å². The van der Waals surface area contributed by atoms with E-state index in [1.165, 1.54) is 11.8 Å². The van der Waals surface area contributed by atoms with Crippen LogP contribution in [0.2, 0.25) is 10.0 Å². The molecule has 0 fully saturated rings. The second-order valence-electron chi connectivity index (χ2n) is 6.95. The van der Waals surface area contributed by atoms with Gasteiger partial charge in [0.1, 0.15) is 10.9 Å². The van der Waals surface area contributed by atoms with Crippen LogP contribution in [0.1, 0.15) is 36.8 Å². The minimum atomic E-state index is -0.833. The zero-order chi connectivity index (χ0) is 21.7. The number of amides is 1. The number of imidazole rings is 1. The molecule has 0 saturated carbocycles. The summed E-state index contributed by atoms with van der Waals surface area (Å²) in [6, 6.07) is 9.38. The predicted octanol–water partition coefficient (Wildman–Crippen LogP) is 5.70. The molecule has 3 rings (SSSR count). The van der Waals surface area contributed by atoms with E-state index in [9.17, 15) is 4.79 Å². The number of primary amides is 1. The van der Waals surface area contributed by atoms with E-state index in [4.69, 9.17) is 38.7 Å². The van der Waals surface area contributed by atoms with E-state index in [1.807, 2.05) is 24.3 Å². The van der Waals surface area contributed by atoms with Gasteiger partial charge in [0.15, 0.2) is 6.61 Å². The molecule has 0 bridgehead atoms. The summed E-state index contributed by atoms with van der Waals surface area (Å²) in [5, 5.41) is 2.09. The van der Waals surface area contributed by atoms with Crippen LogP contribution >= 0.6 is 35.0 Å². The normalized spacial score (nSPS) is 11.1. The van der Waals surface area contributed by atoms with E-state index in [2.05, 4.69) is 23.4 Å². The standard InChI is InChI=1S/C21H22Cl2N4O2S/c1-13(2)19-20(30-17-10-15(22)9-16(23)11-17)27(18(26-19)12-29-21(24)28)8-5-14-3-6-25-7-4-14/h3-4,6-7,9-11,13H,5,8,12H2,1-2H3,(H2,24,28). The van der Waals surface area contributed by atoms with Gasteiger partial charge in [0.25, 0.3) is 0 Å². The number of aryl methyl sites for hydroxylation is 1. The van der Waals surface area contributed by atoms with Gasteiger partial charge in [0, 0.05) is 33.9 Å². The lowest BCUT2D eigenvalue weighted by molar-refractivity contribution is 0.145. The van der Waals surface area contributed by atoms with Crippen LogP contribution in [0.4, 0.5) is 4.79 Å². The third-order valence-corrected chi connectivity index (χ3v) is 5.87. The molecule has 3 aromatic rings. The van der Waals surface area contributed by atoms with Crippen LogP contribution in [0.3, 0.4) is 0 Å². The number of carbonyl (C=O) groups is 1. The average Bonchev–Trinajstić information content (AvgIpc) is 3.02. The minimum Gasteiger partial charge on any atom is -0.442 e. The molecule has 1 amide bonds. The number of nitrogens with two attached hydrogens (primary N) is 1. The third-order valence-electron chi connectivity index (χ3n) is 4.34. The zero-order valence-corrected chi connectivity index (χ0v) is 19.0. The molecule has 6 nitrogen and oxygen atoms in total. The van der Waals surface area contributed by atoms with E-state index in [1.54, 1.807) is 18.5 Å². The Balaban J connectivity index is 2.00. The summed E-state index contributed by atoms with van der Waals surface area (Å²) in [4.78, 5) is 20.9. The van der Waals surface area contributed by atoms with Gasteiger partial charge >= 0.3 is 6.09 Å². The summed E-state index contributed by atoms with van der Waals surface area (Å²) in [5.41, 5.74) is 7.23. The Kier molecular flexibility index (Phi) is 7.64. The van der Waals surface area contributed by atoms with Crippen LogP contribution in [-0.4, -0.2) is 20.6 Å². The number of nitrogens with zero attached hydrogens (tertiary/aromatic N) is 3. The van der Waals surface area contributed by atoms with Crippen molar-refractivity contribution >= 4 is 41.1 Å². The Morgan fingerprint density at radius 3 is 2.47 bits per heavy atom. The SMILES string of the molecule is CC(C)c1nc(COC(N)=O)n(CCc2ccncc2)c1Sc1cc(Cl)cc(Cl)c1. The van der Waals surface area contributed by atoms with Crippen molar-refractivity contribution in [1.82, 2.24) is 14.5 Å². The van der Waals surface area contributed by atoms with Crippen LogP contribution in [0.15, 0.2) is 52.6 Å². The number of rotatable bonds is 8. The van der Waals surface area contributed by atoms with Crippen LogP contribution < -0.4 is 5.73 Å². The number of hydrogen-bond donors (Lipinski definition) is 1. The van der Waals surface area contributed by atoms with Gasteiger partial charge in [-0.1, -0.05) is 48.8 Å². The van der Waals surface area contributed by atoms with Crippen molar-refractivity contribution in [1.29, 1.82) is 0 Å². The van der Waals surface area contributed by atoms with Crippen LogP contribution in [0.5, 0.6) is 0 Å². The third kappa shape index (κ3) is 5.90. The Morgan fingerprint density at radius 1 is 1.20 bits per heavy atom. The molecule has 1 aromatic carbocycles. The summed E-state index contributed by atoms with van der Waals surface area (Å²) >= 11 is 13.9.